The maximum Gasteiger partial charge on any atom is 0.145 e. The standard InChI is InChI=1S/C62H71N3Si/c1-59(2,3)40-41-27-29-42(30-28-41)44-23-19-24-45(33-44)53-37-49(62(10,11)12)38-54(63-53)51-25-20-26-56-57(51)64-58(46-34-47(60(4,5)6)36-48(35-46)61(7,8)9)65(56)55-32-31-50(66(13,14)15)39-52(55)43-21-17-16-18-22-43/h16-39H,40H2,1-15H3/i40D2. The Bertz CT molecular complexity index is 3110. The zero-order valence-corrected chi connectivity index (χ0v) is 43.2. The number of hydrogen-bond acceptors (Lipinski definition) is 2. The van der Waals surface area contributed by atoms with Crippen molar-refractivity contribution in [1.82, 2.24) is 14.5 Å². The van der Waals surface area contributed by atoms with Gasteiger partial charge in [-0.1, -0.05) is 211 Å². The molecule has 0 aliphatic carbocycles. The van der Waals surface area contributed by atoms with Gasteiger partial charge in [0.2, 0.25) is 0 Å². The van der Waals surface area contributed by atoms with E-state index in [0.717, 1.165) is 61.8 Å². The second-order valence-electron chi connectivity index (χ2n) is 23.5. The van der Waals surface area contributed by atoms with Gasteiger partial charge in [0.15, 0.2) is 0 Å². The molecule has 4 heteroatoms. The fourth-order valence-electron chi connectivity index (χ4n) is 8.70. The SMILES string of the molecule is [2H]C([2H])(c1ccc(-c2cccc(-c3cc(C(C)(C)C)cc(-c4cccc5c4nc(-c4cc(C(C)(C)C)cc(C(C)(C)C)c4)n5-c4ccc([Si](C)(C)C)cc4-c4ccccc4)n3)c2)cc1)C(C)(C)C. The number of hydrogen-bond donors (Lipinski definition) is 0. The monoisotopic (exact) mass is 888 g/mol. The molecular formula is C62H71N3Si. The maximum absolute atomic E-state index is 8.84. The van der Waals surface area contributed by atoms with Crippen molar-refractivity contribution in [3.05, 3.63) is 168 Å². The molecule has 0 bridgehead atoms. The first-order valence-corrected chi connectivity index (χ1v) is 27.2. The van der Waals surface area contributed by atoms with Crippen molar-refractivity contribution in [3.63, 3.8) is 0 Å². The lowest BCUT2D eigenvalue weighted by molar-refractivity contribution is 0.411. The molecule has 0 saturated carbocycles. The summed E-state index contributed by atoms with van der Waals surface area (Å²) in [7, 11) is -1.69. The second-order valence-corrected chi connectivity index (χ2v) is 28.6. The number of aromatic nitrogens is 3. The molecule has 0 aliphatic rings. The van der Waals surface area contributed by atoms with Crippen LogP contribution < -0.4 is 5.19 Å². The molecule has 8 aromatic rings. The molecule has 2 aromatic heterocycles. The van der Waals surface area contributed by atoms with E-state index in [0.29, 0.717) is 5.56 Å². The van der Waals surface area contributed by atoms with Crippen LogP contribution in [0.1, 0.15) is 108 Å². The molecule has 0 spiro atoms. The first kappa shape index (κ1) is 44.0. The Morgan fingerprint density at radius 2 is 1.05 bits per heavy atom. The number of fused-ring (bicyclic) bond motifs is 1. The lowest BCUT2D eigenvalue weighted by Gasteiger charge is -2.26. The third-order valence-electron chi connectivity index (χ3n) is 12.7. The lowest BCUT2D eigenvalue weighted by Crippen LogP contribution is -2.37. The van der Waals surface area contributed by atoms with Gasteiger partial charge < -0.3 is 0 Å². The van der Waals surface area contributed by atoms with E-state index in [-0.39, 0.29) is 16.2 Å². The molecule has 0 radical (unpaired) electrons. The summed E-state index contributed by atoms with van der Waals surface area (Å²) in [5, 5.41) is 1.41. The quantitative estimate of drug-likeness (QED) is 0.142. The molecule has 2 heterocycles. The minimum absolute atomic E-state index is 0.0806. The van der Waals surface area contributed by atoms with Gasteiger partial charge in [-0.05, 0) is 109 Å². The highest BCUT2D eigenvalue weighted by atomic mass is 28.3. The van der Waals surface area contributed by atoms with Crippen LogP contribution in [-0.4, -0.2) is 22.6 Å². The van der Waals surface area contributed by atoms with Crippen molar-refractivity contribution < 1.29 is 2.74 Å². The van der Waals surface area contributed by atoms with Gasteiger partial charge in [0.1, 0.15) is 5.82 Å². The van der Waals surface area contributed by atoms with E-state index in [4.69, 9.17) is 12.7 Å². The van der Waals surface area contributed by atoms with E-state index >= 15 is 0 Å². The molecule has 66 heavy (non-hydrogen) atoms. The van der Waals surface area contributed by atoms with Crippen LogP contribution in [0.2, 0.25) is 19.6 Å². The Kier molecular flexibility index (Phi) is 11.4. The summed E-state index contributed by atoms with van der Waals surface area (Å²) in [6.07, 6.45) is -1.46. The van der Waals surface area contributed by atoms with E-state index in [1.54, 1.807) is 0 Å². The van der Waals surface area contributed by atoms with Crippen LogP contribution in [0.5, 0.6) is 0 Å². The maximum atomic E-state index is 8.84. The highest BCUT2D eigenvalue weighted by Crippen LogP contribution is 2.41. The van der Waals surface area contributed by atoms with Crippen LogP contribution in [0.3, 0.4) is 0 Å². The van der Waals surface area contributed by atoms with Gasteiger partial charge in [-0.25, -0.2) is 9.97 Å². The van der Waals surface area contributed by atoms with E-state index in [1.807, 2.05) is 45.0 Å². The minimum Gasteiger partial charge on any atom is -0.292 e. The van der Waals surface area contributed by atoms with Crippen molar-refractivity contribution in [3.8, 4) is 61.8 Å². The molecule has 0 amide bonds. The first-order chi connectivity index (χ1) is 31.6. The van der Waals surface area contributed by atoms with Crippen LogP contribution in [0, 0.1) is 5.41 Å². The molecule has 3 nitrogen and oxygen atoms in total. The van der Waals surface area contributed by atoms with E-state index in [2.05, 4.69) is 208 Å². The fraction of sp³-hybridized carbons (Fsp3) is 0.323. The Hall–Kier alpha value is -5.84. The normalized spacial score (nSPS) is 13.5. The molecule has 338 valence electrons. The molecule has 0 fully saturated rings. The van der Waals surface area contributed by atoms with Gasteiger partial charge in [-0.15, -0.1) is 0 Å². The summed E-state index contributed by atoms with van der Waals surface area (Å²) in [5.74, 6) is 0.906. The number of para-hydroxylation sites is 1. The Morgan fingerprint density at radius 1 is 0.470 bits per heavy atom. The summed E-state index contributed by atoms with van der Waals surface area (Å²) in [6, 6.07) is 52.7. The average molecular weight is 888 g/mol. The zero-order valence-electron chi connectivity index (χ0n) is 44.2. The van der Waals surface area contributed by atoms with Gasteiger partial charge in [0.25, 0.3) is 0 Å². The summed E-state index contributed by atoms with van der Waals surface area (Å²) in [6.45, 7) is 33.7. The first-order valence-electron chi connectivity index (χ1n) is 24.7. The number of pyridine rings is 1. The van der Waals surface area contributed by atoms with Gasteiger partial charge in [0, 0.05) is 25.0 Å². The van der Waals surface area contributed by atoms with Gasteiger partial charge in [-0.2, -0.15) is 0 Å². The molecule has 0 aliphatic heterocycles. The highest BCUT2D eigenvalue weighted by molar-refractivity contribution is 6.88. The fourth-order valence-corrected chi connectivity index (χ4v) is 9.86. The summed E-state index contributed by atoms with van der Waals surface area (Å²) in [4.78, 5) is 11.3. The van der Waals surface area contributed by atoms with E-state index in [1.165, 1.54) is 33.0 Å². The van der Waals surface area contributed by atoms with E-state index in [9.17, 15) is 0 Å². The number of benzene rings is 6. The second kappa shape index (κ2) is 17.1. The smallest absolute Gasteiger partial charge is 0.145 e. The Morgan fingerprint density at radius 3 is 1.65 bits per heavy atom. The van der Waals surface area contributed by atoms with Crippen LogP contribution in [0.15, 0.2) is 146 Å². The molecule has 0 atom stereocenters. The largest absolute Gasteiger partial charge is 0.292 e. The predicted octanol–water partition coefficient (Wildman–Crippen LogP) is 16.8. The molecule has 0 saturated heterocycles. The van der Waals surface area contributed by atoms with Crippen molar-refractivity contribution >= 4 is 24.3 Å². The Labute approximate surface area is 400 Å². The zero-order chi connectivity index (χ0) is 49.4. The topological polar surface area (TPSA) is 30.7 Å². The van der Waals surface area contributed by atoms with Crippen molar-refractivity contribution in [2.45, 2.75) is 125 Å². The van der Waals surface area contributed by atoms with Crippen LogP contribution in [0.25, 0.3) is 72.9 Å². The van der Waals surface area contributed by atoms with Crippen molar-refractivity contribution in [2.75, 3.05) is 0 Å². The molecule has 8 rings (SSSR count). The van der Waals surface area contributed by atoms with Crippen LogP contribution in [-0.2, 0) is 22.6 Å². The molecule has 0 N–H and O–H groups in total. The van der Waals surface area contributed by atoms with Gasteiger partial charge in [-0.3, -0.25) is 4.57 Å². The van der Waals surface area contributed by atoms with Crippen molar-refractivity contribution in [1.29, 1.82) is 0 Å². The summed E-state index contributed by atoms with van der Waals surface area (Å²) in [5.41, 5.74) is 16.0. The third kappa shape index (κ3) is 9.95. The predicted molar refractivity (Wildman–Crippen MR) is 288 cm³/mol. The number of imidazole rings is 1. The van der Waals surface area contributed by atoms with Gasteiger partial charge >= 0.3 is 0 Å². The third-order valence-corrected chi connectivity index (χ3v) is 14.7. The van der Waals surface area contributed by atoms with Crippen molar-refractivity contribution in [2.24, 2.45) is 5.41 Å². The van der Waals surface area contributed by atoms with Crippen LogP contribution >= 0.6 is 0 Å². The lowest BCUT2D eigenvalue weighted by atomic mass is 9.79. The molecule has 6 aromatic carbocycles. The molecular weight excluding hydrogens is 815 g/mol. The molecule has 0 unspecified atom stereocenters. The van der Waals surface area contributed by atoms with E-state index < -0.39 is 19.9 Å². The highest BCUT2D eigenvalue weighted by Gasteiger charge is 2.27. The number of nitrogens with zero attached hydrogens (tertiary/aromatic N) is 3. The average Bonchev–Trinajstić information content (AvgIpc) is 3.67. The minimum atomic E-state index is -1.69. The van der Waals surface area contributed by atoms with Gasteiger partial charge in [0.05, 0.1) is 36.2 Å². The summed E-state index contributed by atoms with van der Waals surface area (Å²) >= 11 is 0. The summed E-state index contributed by atoms with van der Waals surface area (Å²) < 4.78 is 20.1. The Balaban J connectivity index is 1.38. The number of rotatable bonds is 8. The van der Waals surface area contributed by atoms with Crippen LogP contribution in [0.4, 0.5) is 0 Å².